The van der Waals surface area contributed by atoms with Crippen molar-refractivity contribution in [1.29, 1.82) is 0 Å². The Morgan fingerprint density at radius 3 is 2.79 bits per heavy atom. The zero-order valence-corrected chi connectivity index (χ0v) is 12.5. The fraction of sp³-hybridized carbons (Fsp3) is 0.933. The summed E-state index contributed by atoms with van der Waals surface area (Å²) < 4.78 is 0. The number of carbonyl (C=O) groups is 1. The van der Waals surface area contributed by atoms with Crippen LogP contribution in [0.2, 0.25) is 0 Å². The minimum Gasteiger partial charge on any atom is -0.355 e. The minimum atomic E-state index is 0.164. The molecule has 0 aromatic carbocycles. The van der Waals surface area contributed by atoms with E-state index in [1.54, 1.807) is 0 Å². The Morgan fingerprint density at radius 2 is 2.16 bits per heavy atom. The van der Waals surface area contributed by atoms with Crippen LogP contribution in [0.4, 0.5) is 0 Å². The van der Waals surface area contributed by atoms with Crippen molar-refractivity contribution in [2.24, 2.45) is 17.1 Å². The van der Waals surface area contributed by atoms with Crippen LogP contribution in [0, 0.1) is 11.3 Å². The van der Waals surface area contributed by atoms with Crippen LogP contribution < -0.4 is 11.1 Å². The van der Waals surface area contributed by atoms with Crippen LogP contribution >= 0.6 is 0 Å². The molecular formula is C15H29N3O. The number of nitrogens with zero attached hydrogens (tertiary/aromatic N) is 1. The number of rotatable bonds is 4. The number of hydrogen-bond acceptors (Lipinski definition) is 3. The molecule has 2 atom stereocenters. The van der Waals surface area contributed by atoms with Gasteiger partial charge >= 0.3 is 0 Å². The van der Waals surface area contributed by atoms with Gasteiger partial charge in [-0.05, 0) is 37.6 Å². The molecule has 110 valence electrons. The van der Waals surface area contributed by atoms with E-state index in [4.69, 9.17) is 5.73 Å². The van der Waals surface area contributed by atoms with Gasteiger partial charge in [0.2, 0.25) is 5.91 Å². The predicted molar refractivity (Wildman–Crippen MR) is 77.8 cm³/mol. The number of carbonyl (C=O) groups excluding carboxylic acids is 1. The van der Waals surface area contributed by atoms with Crippen LogP contribution in [-0.2, 0) is 4.79 Å². The van der Waals surface area contributed by atoms with Crippen molar-refractivity contribution in [2.45, 2.75) is 52.0 Å². The van der Waals surface area contributed by atoms with E-state index in [1.807, 2.05) is 0 Å². The molecular weight excluding hydrogens is 238 g/mol. The summed E-state index contributed by atoms with van der Waals surface area (Å²) in [5, 5.41) is 2.94. The van der Waals surface area contributed by atoms with Gasteiger partial charge in [-0.15, -0.1) is 0 Å². The lowest BCUT2D eigenvalue weighted by atomic mass is 9.84. The highest BCUT2D eigenvalue weighted by Gasteiger charge is 2.40. The van der Waals surface area contributed by atoms with Gasteiger partial charge in [-0.2, -0.15) is 0 Å². The third-order valence-corrected chi connectivity index (χ3v) is 4.91. The van der Waals surface area contributed by atoms with E-state index in [9.17, 15) is 4.79 Å². The smallest absolute Gasteiger partial charge is 0.224 e. The lowest BCUT2D eigenvalue weighted by molar-refractivity contribution is -0.127. The third-order valence-electron chi connectivity index (χ3n) is 4.91. The van der Waals surface area contributed by atoms with Gasteiger partial charge in [0.25, 0.3) is 0 Å². The summed E-state index contributed by atoms with van der Waals surface area (Å²) in [6, 6.07) is 0.664. The van der Waals surface area contributed by atoms with E-state index in [-0.39, 0.29) is 11.8 Å². The Balaban J connectivity index is 1.92. The monoisotopic (exact) mass is 267 g/mol. The van der Waals surface area contributed by atoms with Gasteiger partial charge in [0.05, 0.1) is 5.92 Å². The highest BCUT2D eigenvalue weighted by Crippen LogP contribution is 2.41. The molecule has 19 heavy (non-hydrogen) atoms. The molecule has 2 aliphatic rings. The summed E-state index contributed by atoms with van der Waals surface area (Å²) in [5.41, 5.74) is 5.86. The van der Waals surface area contributed by atoms with E-state index >= 15 is 0 Å². The number of amides is 1. The van der Waals surface area contributed by atoms with E-state index in [2.05, 4.69) is 24.1 Å². The zero-order valence-electron chi connectivity index (χ0n) is 12.5. The summed E-state index contributed by atoms with van der Waals surface area (Å²) >= 11 is 0. The molecule has 4 heteroatoms. The molecule has 0 aromatic rings. The topological polar surface area (TPSA) is 58.4 Å². The van der Waals surface area contributed by atoms with E-state index in [0.717, 1.165) is 25.9 Å². The maximum Gasteiger partial charge on any atom is 0.224 e. The molecule has 0 bridgehead atoms. The third kappa shape index (κ3) is 3.48. The van der Waals surface area contributed by atoms with Crippen molar-refractivity contribution in [3.8, 4) is 0 Å². The number of likely N-dealkylation sites (tertiary alicyclic amines) is 1. The summed E-state index contributed by atoms with van der Waals surface area (Å²) in [6.07, 6.45) is 6.12. The predicted octanol–water partition coefficient (Wildman–Crippen LogP) is 1.35. The summed E-state index contributed by atoms with van der Waals surface area (Å²) in [4.78, 5) is 14.7. The highest BCUT2D eigenvalue weighted by atomic mass is 16.1. The fourth-order valence-corrected chi connectivity index (χ4v) is 3.83. The van der Waals surface area contributed by atoms with Crippen molar-refractivity contribution in [3.05, 3.63) is 0 Å². The van der Waals surface area contributed by atoms with Gasteiger partial charge in [-0.3, -0.25) is 9.69 Å². The van der Waals surface area contributed by atoms with E-state index in [0.29, 0.717) is 24.5 Å². The molecule has 1 saturated carbocycles. The maximum atomic E-state index is 12.1. The van der Waals surface area contributed by atoms with Crippen LogP contribution in [0.5, 0.6) is 0 Å². The van der Waals surface area contributed by atoms with Crippen LogP contribution in [0.1, 0.15) is 46.0 Å². The van der Waals surface area contributed by atoms with Crippen LogP contribution in [0.15, 0.2) is 0 Å². The molecule has 0 spiro atoms. The van der Waals surface area contributed by atoms with E-state index < -0.39 is 0 Å². The molecule has 1 heterocycles. The van der Waals surface area contributed by atoms with Crippen LogP contribution in [0.25, 0.3) is 0 Å². The largest absolute Gasteiger partial charge is 0.355 e. The summed E-state index contributed by atoms with van der Waals surface area (Å²) in [7, 11) is 0. The summed E-state index contributed by atoms with van der Waals surface area (Å²) in [6.45, 7) is 7.98. The van der Waals surface area contributed by atoms with Gasteiger partial charge in [0.1, 0.15) is 0 Å². The van der Waals surface area contributed by atoms with Crippen LogP contribution in [0.3, 0.4) is 0 Å². The molecule has 1 saturated heterocycles. The lowest BCUT2D eigenvalue weighted by Gasteiger charge is -2.42. The molecule has 2 unspecified atom stereocenters. The Morgan fingerprint density at radius 1 is 1.37 bits per heavy atom. The molecule has 1 amide bonds. The molecule has 2 fully saturated rings. The van der Waals surface area contributed by atoms with Crippen molar-refractivity contribution in [3.63, 3.8) is 0 Å². The van der Waals surface area contributed by atoms with Crippen molar-refractivity contribution in [2.75, 3.05) is 26.2 Å². The normalized spacial score (nSPS) is 31.3. The van der Waals surface area contributed by atoms with E-state index in [1.165, 1.54) is 19.3 Å². The molecule has 4 nitrogen and oxygen atoms in total. The first kappa shape index (κ1) is 14.8. The standard InChI is InChI=1S/C15H29N3O/c1-15(2)7-3-6-13(15)18-10-4-5-12(11-18)14(19)17-9-8-16/h12-13H,3-11,16H2,1-2H3,(H,17,19). The van der Waals surface area contributed by atoms with Gasteiger partial charge < -0.3 is 11.1 Å². The van der Waals surface area contributed by atoms with Gasteiger partial charge in [-0.25, -0.2) is 0 Å². The lowest BCUT2D eigenvalue weighted by Crippen LogP contribution is -2.50. The van der Waals surface area contributed by atoms with Gasteiger partial charge in [0.15, 0.2) is 0 Å². The first-order valence-electron chi connectivity index (χ1n) is 7.76. The Kier molecular flexibility index (Phi) is 4.85. The molecule has 0 aromatic heterocycles. The maximum absolute atomic E-state index is 12.1. The average molecular weight is 267 g/mol. The van der Waals surface area contributed by atoms with Gasteiger partial charge in [-0.1, -0.05) is 20.3 Å². The van der Waals surface area contributed by atoms with Gasteiger partial charge in [0, 0.05) is 25.7 Å². The quantitative estimate of drug-likeness (QED) is 0.808. The number of hydrogen-bond donors (Lipinski definition) is 2. The fourth-order valence-electron chi connectivity index (χ4n) is 3.83. The first-order chi connectivity index (χ1) is 9.04. The second-order valence-corrected chi connectivity index (χ2v) is 6.81. The van der Waals surface area contributed by atoms with Crippen molar-refractivity contribution in [1.82, 2.24) is 10.2 Å². The van der Waals surface area contributed by atoms with Crippen molar-refractivity contribution >= 4 is 5.91 Å². The second-order valence-electron chi connectivity index (χ2n) is 6.81. The van der Waals surface area contributed by atoms with Crippen molar-refractivity contribution < 1.29 is 4.79 Å². The Hall–Kier alpha value is -0.610. The first-order valence-corrected chi connectivity index (χ1v) is 7.76. The Bertz CT molecular complexity index is 317. The number of nitrogens with two attached hydrogens (primary N) is 1. The molecule has 1 aliphatic carbocycles. The average Bonchev–Trinajstić information content (AvgIpc) is 2.75. The minimum absolute atomic E-state index is 0.164. The number of nitrogens with one attached hydrogen (secondary N) is 1. The Labute approximate surface area is 117 Å². The molecule has 0 radical (unpaired) electrons. The molecule has 1 aliphatic heterocycles. The molecule has 2 rings (SSSR count). The van der Waals surface area contributed by atoms with Crippen LogP contribution in [-0.4, -0.2) is 43.0 Å². The second kappa shape index (κ2) is 6.23. The zero-order chi connectivity index (χ0) is 13.9. The molecule has 3 N–H and O–H groups in total. The SMILES string of the molecule is CC1(C)CCCC1N1CCCC(C(=O)NCCN)C1. The highest BCUT2D eigenvalue weighted by molar-refractivity contribution is 5.78. The number of piperidine rings is 1. The summed E-state index contributed by atoms with van der Waals surface area (Å²) in [5.74, 6) is 0.364.